The van der Waals surface area contributed by atoms with E-state index in [0.29, 0.717) is 26.1 Å². The zero-order valence-electron chi connectivity index (χ0n) is 16.3. The van der Waals surface area contributed by atoms with E-state index in [4.69, 9.17) is 13.9 Å². The van der Waals surface area contributed by atoms with Crippen LogP contribution in [0.4, 0.5) is 0 Å². The molecule has 0 aliphatic carbocycles. The Labute approximate surface area is 153 Å². The number of ether oxygens (including phenoxy) is 2. The van der Waals surface area contributed by atoms with E-state index in [1.165, 1.54) is 0 Å². The van der Waals surface area contributed by atoms with Crippen LogP contribution in [0.5, 0.6) is 0 Å². The monoisotopic (exact) mass is 364 g/mol. The van der Waals surface area contributed by atoms with Gasteiger partial charge < -0.3 is 13.9 Å². The second-order valence-electron chi connectivity index (χ2n) is 8.37. The Morgan fingerprint density at radius 1 is 1.24 bits per heavy atom. The minimum absolute atomic E-state index is 0.157. The number of hydrogen-bond acceptors (Lipinski definition) is 4. The Morgan fingerprint density at radius 2 is 1.92 bits per heavy atom. The van der Waals surface area contributed by atoms with Gasteiger partial charge in [-0.15, -0.1) is 0 Å². The molecule has 0 radical (unpaired) electrons. The molecule has 1 aromatic rings. The Bertz CT molecular complexity index is 557. The van der Waals surface area contributed by atoms with Gasteiger partial charge in [-0.2, -0.15) is 0 Å². The first-order valence-electron chi connectivity index (χ1n) is 9.15. The molecular weight excluding hydrogens is 332 g/mol. The molecule has 0 bridgehead atoms. The van der Waals surface area contributed by atoms with Crippen LogP contribution in [0.15, 0.2) is 30.3 Å². The van der Waals surface area contributed by atoms with Crippen LogP contribution < -0.4 is 0 Å². The molecule has 0 spiro atoms. The molecule has 1 unspecified atom stereocenters. The smallest absolute Gasteiger partial charge is 0.338 e. The van der Waals surface area contributed by atoms with Crippen LogP contribution in [0.1, 0.15) is 45.6 Å². The SMILES string of the molecule is CC(C)(C)[Si](C)(C)OCCC1(C(=O)OCc2ccccc2)CCCO1. The summed E-state index contributed by atoms with van der Waals surface area (Å²) < 4.78 is 17.7. The predicted molar refractivity (Wildman–Crippen MR) is 102 cm³/mol. The number of carbonyl (C=O) groups is 1. The summed E-state index contributed by atoms with van der Waals surface area (Å²) in [5.74, 6) is -0.257. The maximum Gasteiger partial charge on any atom is 0.338 e. The lowest BCUT2D eigenvalue weighted by Crippen LogP contribution is -2.44. The largest absolute Gasteiger partial charge is 0.459 e. The maximum atomic E-state index is 12.7. The number of esters is 1. The maximum absolute atomic E-state index is 12.7. The zero-order chi connectivity index (χ0) is 18.6. The van der Waals surface area contributed by atoms with Crippen LogP contribution >= 0.6 is 0 Å². The van der Waals surface area contributed by atoms with Crippen LogP contribution in [-0.4, -0.2) is 33.1 Å². The molecule has 25 heavy (non-hydrogen) atoms. The highest BCUT2D eigenvalue weighted by molar-refractivity contribution is 6.74. The van der Waals surface area contributed by atoms with Gasteiger partial charge in [0.2, 0.25) is 0 Å². The van der Waals surface area contributed by atoms with E-state index in [-0.39, 0.29) is 17.6 Å². The molecule has 1 aromatic carbocycles. The van der Waals surface area contributed by atoms with Crippen LogP contribution in [0, 0.1) is 0 Å². The normalized spacial score (nSPS) is 21.3. The van der Waals surface area contributed by atoms with Crippen molar-refractivity contribution in [2.45, 2.75) is 70.4 Å². The molecule has 0 saturated carbocycles. The first kappa shape index (κ1) is 20.1. The third kappa shape index (κ3) is 5.15. The molecule has 1 fully saturated rings. The van der Waals surface area contributed by atoms with Crippen LogP contribution in [-0.2, 0) is 25.3 Å². The highest BCUT2D eigenvalue weighted by atomic mass is 28.4. The predicted octanol–water partition coefficient (Wildman–Crippen LogP) is 4.69. The molecule has 1 saturated heterocycles. The van der Waals surface area contributed by atoms with Gasteiger partial charge in [0.05, 0.1) is 0 Å². The average molecular weight is 365 g/mol. The van der Waals surface area contributed by atoms with E-state index in [0.717, 1.165) is 12.0 Å². The molecule has 0 aromatic heterocycles. The summed E-state index contributed by atoms with van der Waals surface area (Å²) in [7, 11) is -1.82. The van der Waals surface area contributed by atoms with E-state index >= 15 is 0 Å². The molecule has 1 atom stereocenters. The van der Waals surface area contributed by atoms with Crippen molar-refractivity contribution in [1.82, 2.24) is 0 Å². The summed E-state index contributed by atoms with van der Waals surface area (Å²) in [6, 6.07) is 9.74. The Kier molecular flexibility index (Phi) is 6.46. The number of benzene rings is 1. The lowest BCUT2D eigenvalue weighted by molar-refractivity contribution is -0.170. The van der Waals surface area contributed by atoms with Crippen molar-refractivity contribution in [1.29, 1.82) is 0 Å². The fraction of sp³-hybridized carbons (Fsp3) is 0.650. The summed E-state index contributed by atoms with van der Waals surface area (Å²) in [5.41, 5.74) is 0.151. The molecule has 0 amide bonds. The molecule has 1 aliphatic heterocycles. The minimum Gasteiger partial charge on any atom is -0.459 e. The standard InChI is InChI=1S/C20H32O4Si/c1-19(2,3)25(4,5)24-15-13-20(12-9-14-23-20)18(21)22-16-17-10-7-6-8-11-17/h6-8,10-11H,9,12-16H2,1-5H3. The van der Waals surface area contributed by atoms with Crippen molar-refractivity contribution in [3.8, 4) is 0 Å². The van der Waals surface area contributed by atoms with E-state index in [1.807, 2.05) is 30.3 Å². The topological polar surface area (TPSA) is 44.8 Å². The van der Waals surface area contributed by atoms with Crippen molar-refractivity contribution in [2.24, 2.45) is 0 Å². The Balaban J connectivity index is 1.92. The number of rotatable bonds is 7. The van der Waals surface area contributed by atoms with Crippen molar-refractivity contribution < 1.29 is 18.7 Å². The van der Waals surface area contributed by atoms with Gasteiger partial charge in [-0.05, 0) is 36.5 Å². The summed E-state index contributed by atoms with van der Waals surface area (Å²) in [5, 5.41) is 0.157. The van der Waals surface area contributed by atoms with Crippen molar-refractivity contribution >= 4 is 14.3 Å². The second kappa shape index (κ2) is 8.02. The number of hydrogen-bond donors (Lipinski definition) is 0. The van der Waals surface area contributed by atoms with Gasteiger partial charge in [0.25, 0.3) is 0 Å². The van der Waals surface area contributed by atoms with E-state index in [9.17, 15) is 4.79 Å². The average Bonchev–Trinajstić information content (AvgIpc) is 3.02. The molecule has 1 heterocycles. The van der Waals surface area contributed by atoms with Crippen LogP contribution in [0.3, 0.4) is 0 Å². The van der Waals surface area contributed by atoms with Gasteiger partial charge in [0, 0.05) is 19.6 Å². The third-order valence-corrected chi connectivity index (χ3v) is 10.0. The lowest BCUT2D eigenvalue weighted by atomic mass is 9.96. The Hall–Kier alpha value is -1.17. The van der Waals surface area contributed by atoms with Gasteiger partial charge in [-0.3, -0.25) is 0 Å². The van der Waals surface area contributed by atoms with Gasteiger partial charge >= 0.3 is 5.97 Å². The fourth-order valence-corrected chi connectivity index (χ4v) is 3.75. The molecular formula is C20H32O4Si. The quantitative estimate of drug-likeness (QED) is 0.520. The molecule has 5 heteroatoms. The van der Waals surface area contributed by atoms with Crippen LogP contribution in [0.25, 0.3) is 0 Å². The lowest BCUT2D eigenvalue weighted by Gasteiger charge is -2.37. The van der Waals surface area contributed by atoms with E-state index in [1.54, 1.807) is 0 Å². The molecule has 140 valence electrons. The van der Waals surface area contributed by atoms with Gasteiger partial charge in [-0.1, -0.05) is 51.1 Å². The summed E-state index contributed by atoms with van der Waals surface area (Å²) >= 11 is 0. The van der Waals surface area contributed by atoms with Crippen molar-refractivity contribution in [3.05, 3.63) is 35.9 Å². The summed E-state index contributed by atoms with van der Waals surface area (Å²) in [4.78, 5) is 12.7. The van der Waals surface area contributed by atoms with E-state index in [2.05, 4.69) is 33.9 Å². The van der Waals surface area contributed by atoms with Gasteiger partial charge in [0.1, 0.15) is 6.61 Å². The highest BCUT2D eigenvalue weighted by Crippen LogP contribution is 2.38. The van der Waals surface area contributed by atoms with Crippen LogP contribution in [0.2, 0.25) is 18.1 Å². The van der Waals surface area contributed by atoms with Gasteiger partial charge in [-0.25, -0.2) is 4.79 Å². The van der Waals surface area contributed by atoms with Crippen molar-refractivity contribution in [3.63, 3.8) is 0 Å². The van der Waals surface area contributed by atoms with E-state index < -0.39 is 13.9 Å². The highest BCUT2D eigenvalue weighted by Gasteiger charge is 2.45. The van der Waals surface area contributed by atoms with Crippen molar-refractivity contribution in [2.75, 3.05) is 13.2 Å². The Morgan fingerprint density at radius 3 is 2.48 bits per heavy atom. The first-order valence-corrected chi connectivity index (χ1v) is 12.1. The first-order chi connectivity index (χ1) is 11.7. The molecule has 4 nitrogen and oxygen atoms in total. The molecule has 2 rings (SSSR count). The molecule has 1 aliphatic rings. The molecule has 0 N–H and O–H groups in total. The summed E-state index contributed by atoms with van der Waals surface area (Å²) in [6.45, 7) is 12.5. The third-order valence-electron chi connectivity index (χ3n) is 5.46. The minimum atomic E-state index is -1.82. The second-order valence-corrected chi connectivity index (χ2v) is 13.2. The fourth-order valence-electron chi connectivity index (χ4n) is 2.70. The van der Waals surface area contributed by atoms with Gasteiger partial charge in [0.15, 0.2) is 13.9 Å². The number of carbonyl (C=O) groups excluding carboxylic acids is 1. The zero-order valence-corrected chi connectivity index (χ0v) is 17.3. The summed E-state index contributed by atoms with van der Waals surface area (Å²) in [6.07, 6.45) is 2.16.